The third-order valence-corrected chi connectivity index (χ3v) is 3.04. The molecule has 2 nitrogen and oxygen atoms in total. The molecule has 1 rings (SSSR count). The Morgan fingerprint density at radius 2 is 1.88 bits per heavy atom. The lowest BCUT2D eigenvalue weighted by atomic mass is 9.84. The van der Waals surface area contributed by atoms with E-state index in [1.165, 1.54) is 0 Å². The molecule has 86 valence electrons. The quantitative estimate of drug-likeness (QED) is 0.787. The largest absolute Gasteiger partial charge is 0.481 e. The summed E-state index contributed by atoms with van der Waals surface area (Å²) < 4.78 is 0. The van der Waals surface area contributed by atoms with Crippen LogP contribution in [0, 0.1) is 0 Å². The van der Waals surface area contributed by atoms with E-state index < -0.39 is 11.9 Å². The summed E-state index contributed by atoms with van der Waals surface area (Å²) in [5.74, 6) is -1.25. The molecule has 16 heavy (non-hydrogen) atoms. The van der Waals surface area contributed by atoms with Crippen LogP contribution < -0.4 is 0 Å². The van der Waals surface area contributed by atoms with Gasteiger partial charge in [-0.05, 0) is 18.1 Å². The van der Waals surface area contributed by atoms with Crippen molar-refractivity contribution in [3.8, 4) is 0 Å². The first-order valence-electron chi connectivity index (χ1n) is 5.35. The van der Waals surface area contributed by atoms with Crippen molar-refractivity contribution in [1.82, 2.24) is 0 Å². The second kappa shape index (κ2) is 4.52. The van der Waals surface area contributed by atoms with Gasteiger partial charge in [0.2, 0.25) is 0 Å². The average molecular weight is 218 g/mol. The van der Waals surface area contributed by atoms with E-state index in [2.05, 4.69) is 20.4 Å². The van der Waals surface area contributed by atoms with E-state index in [-0.39, 0.29) is 5.41 Å². The van der Waals surface area contributed by atoms with E-state index in [1.807, 2.05) is 30.3 Å². The van der Waals surface area contributed by atoms with Crippen molar-refractivity contribution < 1.29 is 9.90 Å². The lowest BCUT2D eigenvalue weighted by Crippen LogP contribution is -2.13. The van der Waals surface area contributed by atoms with Crippen LogP contribution in [0.25, 0.3) is 0 Å². The number of rotatable bonds is 4. The average Bonchev–Trinajstić information content (AvgIpc) is 2.28. The molecule has 0 saturated heterocycles. The lowest BCUT2D eigenvalue weighted by Gasteiger charge is -2.21. The molecular formula is C14H18O2. The van der Waals surface area contributed by atoms with Gasteiger partial charge in [-0.25, -0.2) is 0 Å². The highest BCUT2D eigenvalue weighted by Gasteiger charge is 2.18. The van der Waals surface area contributed by atoms with E-state index in [0.717, 1.165) is 11.1 Å². The number of hydrogen-bond acceptors (Lipinski definition) is 1. The lowest BCUT2D eigenvalue weighted by molar-refractivity contribution is -0.138. The summed E-state index contributed by atoms with van der Waals surface area (Å²) in [6, 6.07) is 7.69. The van der Waals surface area contributed by atoms with Gasteiger partial charge in [-0.2, -0.15) is 0 Å². The normalized spacial score (nSPS) is 13.2. The van der Waals surface area contributed by atoms with Crippen molar-refractivity contribution in [3.63, 3.8) is 0 Å². The fourth-order valence-corrected chi connectivity index (χ4v) is 1.46. The second-order valence-electron chi connectivity index (χ2n) is 4.61. The van der Waals surface area contributed by atoms with Crippen LogP contribution in [0.4, 0.5) is 0 Å². The highest BCUT2D eigenvalue weighted by atomic mass is 16.4. The molecule has 0 aliphatic carbocycles. The maximum absolute atomic E-state index is 10.8. The van der Waals surface area contributed by atoms with Gasteiger partial charge in [0, 0.05) is 5.41 Å². The first-order chi connectivity index (χ1) is 7.38. The van der Waals surface area contributed by atoms with Crippen molar-refractivity contribution in [2.45, 2.75) is 32.1 Å². The zero-order chi connectivity index (χ0) is 12.3. The van der Waals surface area contributed by atoms with Gasteiger partial charge < -0.3 is 5.11 Å². The van der Waals surface area contributed by atoms with Crippen LogP contribution in [0.2, 0.25) is 0 Å². The van der Waals surface area contributed by atoms with Gasteiger partial charge in [0.1, 0.15) is 0 Å². The Balaban J connectivity index is 3.00. The van der Waals surface area contributed by atoms with E-state index in [4.69, 9.17) is 5.11 Å². The predicted molar refractivity (Wildman–Crippen MR) is 65.7 cm³/mol. The van der Waals surface area contributed by atoms with Crippen molar-refractivity contribution in [2.75, 3.05) is 0 Å². The van der Waals surface area contributed by atoms with Crippen molar-refractivity contribution in [3.05, 3.63) is 48.0 Å². The summed E-state index contributed by atoms with van der Waals surface area (Å²) >= 11 is 0. The molecule has 0 amide bonds. The monoisotopic (exact) mass is 218 g/mol. The van der Waals surface area contributed by atoms with Crippen LogP contribution in [-0.2, 0) is 10.2 Å². The maximum Gasteiger partial charge on any atom is 0.310 e. The van der Waals surface area contributed by atoms with Crippen LogP contribution in [0.5, 0.6) is 0 Å². The summed E-state index contributed by atoms with van der Waals surface area (Å²) in [5, 5.41) is 8.89. The Morgan fingerprint density at radius 3 is 2.25 bits per heavy atom. The molecule has 1 aromatic carbocycles. The predicted octanol–water partition coefficient (Wildman–Crippen LogP) is 3.34. The van der Waals surface area contributed by atoms with Crippen LogP contribution >= 0.6 is 0 Å². The number of allylic oxidation sites excluding steroid dienone is 1. The third-order valence-electron chi connectivity index (χ3n) is 3.04. The van der Waals surface area contributed by atoms with Gasteiger partial charge >= 0.3 is 5.97 Å². The molecule has 1 atom stereocenters. The molecule has 0 unspecified atom stereocenters. The van der Waals surface area contributed by atoms with Gasteiger partial charge in [0.15, 0.2) is 0 Å². The molecule has 0 bridgehead atoms. The zero-order valence-electron chi connectivity index (χ0n) is 10.0. The number of carboxylic acid groups (broad SMARTS) is 1. The molecule has 0 radical (unpaired) electrons. The van der Waals surface area contributed by atoms with Gasteiger partial charge in [-0.1, -0.05) is 44.2 Å². The Kier molecular flexibility index (Phi) is 3.53. The SMILES string of the molecule is C=CC(C)(C)c1ccc([C@@H](C)C(=O)O)cc1. The minimum absolute atomic E-state index is 0.0784. The van der Waals surface area contributed by atoms with Gasteiger partial charge in [-0.3, -0.25) is 4.79 Å². The van der Waals surface area contributed by atoms with Crippen LogP contribution in [0.3, 0.4) is 0 Å². The number of carbonyl (C=O) groups is 1. The van der Waals surface area contributed by atoms with E-state index >= 15 is 0 Å². The highest BCUT2D eigenvalue weighted by molar-refractivity contribution is 5.75. The number of hydrogen-bond donors (Lipinski definition) is 1. The van der Waals surface area contributed by atoms with E-state index in [9.17, 15) is 4.79 Å². The zero-order valence-corrected chi connectivity index (χ0v) is 10.0. The summed E-state index contributed by atoms with van der Waals surface area (Å²) in [6.45, 7) is 9.65. The maximum atomic E-state index is 10.8. The van der Waals surface area contributed by atoms with Crippen molar-refractivity contribution in [1.29, 1.82) is 0 Å². The van der Waals surface area contributed by atoms with Crippen LogP contribution in [0.1, 0.15) is 37.8 Å². The first-order valence-corrected chi connectivity index (χ1v) is 5.35. The summed E-state index contributed by atoms with van der Waals surface area (Å²) in [5.41, 5.74) is 1.89. The third kappa shape index (κ3) is 2.51. The fourth-order valence-electron chi connectivity index (χ4n) is 1.46. The molecule has 0 saturated carbocycles. The standard InChI is InChI=1S/C14H18O2/c1-5-14(3,4)12-8-6-11(7-9-12)10(2)13(15)16/h5-10H,1H2,2-4H3,(H,15,16)/t10-/m1/s1. The molecule has 0 aliphatic heterocycles. The molecular weight excluding hydrogens is 200 g/mol. The molecule has 0 heterocycles. The Morgan fingerprint density at radius 1 is 1.38 bits per heavy atom. The van der Waals surface area contributed by atoms with Crippen molar-refractivity contribution >= 4 is 5.97 Å². The smallest absolute Gasteiger partial charge is 0.310 e. The van der Waals surface area contributed by atoms with Gasteiger partial charge in [0.25, 0.3) is 0 Å². The summed E-state index contributed by atoms with van der Waals surface area (Å²) in [6.07, 6.45) is 1.89. The summed E-state index contributed by atoms with van der Waals surface area (Å²) in [7, 11) is 0. The summed E-state index contributed by atoms with van der Waals surface area (Å²) in [4.78, 5) is 10.8. The minimum atomic E-state index is -0.796. The second-order valence-corrected chi connectivity index (χ2v) is 4.61. The molecule has 0 aliphatic rings. The molecule has 1 N–H and O–H groups in total. The number of carboxylic acids is 1. The first kappa shape index (κ1) is 12.5. The van der Waals surface area contributed by atoms with Crippen LogP contribution in [0.15, 0.2) is 36.9 Å². The minimum Gasteiger partial charge on any atom is -0.481 e. The molecule has 1 aromatic rings. The van der Waals surface area contributed by atoms with E-state index in [0.29, 0.717) is 0 Å². The number of benzene rings is 1. The molecule has 0 fully saturated rings. The highest BCUT2D eigenvalue weighted by Crippen LogP contribution is 2.26. The Hall–Kier alpha value is -1.57. The van der Waals surface area contributed by atoms with Crippen LogP contribution in [-0.4, -0.2) is 11.1 Å². The van der Waals surface area contributed by atoms with E-state index in [1.54, 1.807) is 6.92 Å². The van der Waals surface area contributed by atoms with Gasteiger partial charge in [0.05, 0.1) is 5.92 Å². The Labute approximate surface area is 96.6 Å². The molecule has 0 spiro atoms. The Bertz CT molecular complexity index is 388. The number of aliphatic carboxylic acids is 1. The van der Waals surface area contributed by atoms with Gasteiger partial charge in [-0.15, -0.1) is 6.58 Å². The molecule has 0 aromatic heterocycles. The fraction of sp³-hybridized carbons (Fsp3) is 0.357. The topological polar surface area (TPSA) is 37.3 Å². The van der Waals surface area contributed by atoms with Crippen molar-refractivity contribution in [2.24, 2.45) is 0 Å². The molecule has 2 heteroatoms.